The number of aromatic nitrogens is 4. The molecule has 3 aromatic heterocycles. The smallest absolute Gasteiger partial charge is 0.227 e. The molecular formula is C44H26N4O2. The lowest BCUT2D eigenvalue weighted by Crippen LogP contribution is -2.00. The second kappa shape index (κ2) is 11.4. The molecule has 0 spiro atoms. The van der Waals surface area contributed by atoms with Crippen molar-refractivity contribution in [3.63, 3.8) is 0 Å². The number of benzene rings is 7. The van der Waals surface area contributed by atoms with Crippen molar-refractivity contribution in [3.05, 3.63) is 158 Å². The van der Waals surface area contributed by atoms with Crippen molar-refractivity contribution in [1.82, 2.24) is 19.9 Å². The number of hydrogen-bond donors (Lipinski definition) is 0. The molecule has 50 heavy (non-hydrogen) atoms. The van der Waals surface area contributed by atoms with Crippen molar-refractivity contribution in [2.24, 2.45) is 0 Å². The molecule has 3 heterocycles. The Kier molecular flexibility index (Phi) is 6.39. The molecule has 0 aliphatic carbocycles. The fourth-order valence-electron chi connectivity index (χ4n) is 6.77. The van der Waals surface area contributed by atoms with Crippen LogP contribution in [0, 0.1) is 0 Å². The molecule has 10 rings (SSSR count). The third-order valence-electron chi connectivity index (χ3n) is 9.14. The van der Waals surface area contributed by atoms with Gasteiger partial charge >= 0.3 is 0 Å². The van der Waals surface area contributed by atoms with E-state index in [4.69, 9.17) is 28.8 Å². The lowest BCUT2D eigenvalue weighted by molar-refractivity contribution is 0.617. The van der Waals surface area contributed by atoms with Gasteiger partial charge in [0.15, 0.2) is 23.1 Å². The Bertz CT molecular complexity index is 2800. The molecule has 0 amide bonds. The second-order valence-electron chi connectivity index (χ2n) is 12.3. The summed E-state index contributed by atoms with van der Waals surface area (Å²) in [6.45, 7) is 0. The van der Waals surface area contributed by atoms with E-state index in [9.17, 15) is 0 Å². The monoisotopic (exact) mass is 642 g/mol. The zero-order valence-electron chi connectivity index (χ0n) is 26.6. The molecule has 10 aromatic rings. The van der Waals surface area contributed by atoms with Crippen LogP contribution in [0.15, 0.2) is 167 Å². The predicted molar refractivity (Wildman–Crippen MR) is 199 cm³/mol. The zero-order chi connectivity index (χ0) is 33.0. The van der Waals surface area contributed by atoms with Gasteiger partial charge in [-0.3, -0.25) is 0 Å². The summed E-state index contributed by atoms with van der Waals surface area (Å²) in [5.41, 5.74) is 8.78. The van der Waals surface area contributed by atoms with Crippen molar-refractivity contribution in [3.8, 4) is 56.7 Å². The second-order valence-corrected chi connectivity index (χ2v) is 12.3. The Hall–Kier alpha value is -6.92. The van der Waals surface area contributed by atoms with Crippen LogP contribution in [0.3, 0.4) is 0 Å². The first-order valence-corrected chi connectivity index (χ1v) is 16.5. The summed E-state index contributed by atoms with van der Waals surface area (Å²) in [6.07, 6.45) is 0. The van der Waals surface area contributed by atoms with Gasteiger partial charge < -0.3 is 8.83 Å². The zero-order valence-corrected chi connectivity index (χ0v) is 26.6. The molecule has 6 nitrogen and oxygen atoms in total. The summed E-state index contributed by atoms with van der Waals surface area (Å²) in [7, 11) is 0. The van der Waals surface area contributed by atoms with Gasteiger partial charge in [0.1, 0.15) is 16.7 Å². The number of fused-ring (bicyclic) bond motifs is 5. The van der Waals surface area contributed by atoms with Gasteiger partial charge in [0.05, 0.1) is 0 Å². The minimum absolute atomic E-state index is 0.582. The maximum Gasteiger partial charge on any atom is 0.227 e. The Morgan fingerprint density at radius 3 is 1.72 bits per heavy atom. The molecule has 0 atom stereocenters. The summed E-state index contributed by atoms with van der Waals surface area (Å²) in [5.74, 6) is 2.44. The number of furan rings is 1. The molecule has 0 aliphatic rings. The van der Waals surface area contributed by atoms with E-state index in [1.54, 1.807) is 0 Å². The highest BCUT2D eigenvalue weighted by molar-refractivity contribution is 6.15. The first-order chi connectivity index (χ1) is 24.7. The van der Waals surface area contributed by atoms with Crippen LogP contribution in [0.2, 0.25) is 0 Å². The van der Waals surface area contributed by atoms with E-state index in [1.807, 2.05) is 109 Å². The minimum Gasteiger partial charge on any atom is -0.456 e. The third-order valence-corrected chi connectivity index (χ3v) is 9.14. The van der Waals surface area contributed by atoms with E-state index >= 15 is 0 Å². The maximum atomic E-state index is 6.45. The Labute approximate surface area is 286 Å². The Morgan fingerprint density at radius 1 is 0.360 bits per heavy atom. The van der Waals surface area contributed by atoms with Gasteiger partial charge in [-0.05, 0) is 58.3 Å². The molecule has 0 aliphatic heterocycles. The fourth-order valence-corrected chi connectivity index (χ4v) is 6.77. The van der Waals surface area contributed by atoms with Crippen LogP contribution in [0.5, 0.6) is 0 Å². The van der Waals surface area contributed by atoms with Gasteiger partial charge in [-0.1, -0.05) is 115 Å². The summed E-state index contributed by atoms with van der Waals surface area (Å²) >= 11 is 0. The van der Waals surface area contributed by atoms with Crippen LogP contribution < -0.4 is 0 Å². The van der Waals surface area contributed by atoms with Crippen molar-refractivity contribution < 1.29 is 8.83 Å². The predicted octanol–water partition coefficient (Wildman–Crippen LogP) is 11.4. The molecule has 0 saturated heterocycles. The standard InChI is InChI=1S/C44H26N4O2/c1-4-13-27(14-5-1)41-46-42(28-15-6-2-7-16-28)48-43(47-41)34-24-31(23-30-19-10-11-20-32(30)34)33-21-12-22-37-40(33)35-25-36-39(26-38(35)49-37)50-44(45-36)29-17-8-3-9-18-29/h1-26H. The SMILES string of the molecule is c1ccc(-c2nc(-c3ccccc3)nc(-c3cc(-c4cccc5oc6cc7oc(-c8ccccc8)nc7cc6c45)cc4ccccc34)n2)cc1. The lowest BCUT2D eigenvalue weighted by atomic mass is 9.93. The highest BCUT2D eigenvalue weighted by Gasteiger charge is 2.19. The van der Waals surface area contributed by atoms with Crippen LogP contribution in [0.4, 0.5) is 0 Å². The largest absolute Gasteiger partial charge is 0.456 e. The first kappa shape index (κ1) is 28.1. The maximum absolute atomic E-state index is 6.45. The fraction of sp³-hybridized carbons (Fsp3) is 0. The molecule has 0 saturated carbocycles. The van der Waals surface area contributed by atoms with E-state index in [0.29, 0.717) is 28.9 Å². The first-order valence-electron chi connectivity index (χ1n) is 16.5. The molecule has 7 aromatic carbocycles. The molecule has 6 heteroatoms. The highest BCUT2D eigenvalue weighted by atomic mass is 16.4. The lowest BCUT2D eigenvalue weighted by Gasteiger charge is -2.13. The van der Waals surface area contributed by atoms with E-state index in [-0.39, 0.29) is 0 Å². The third kappa shape index (κ3) is 4.73. The molecule has 0 fully saturated rings. The molecule has 234 valence electrons. The average Bonchev–Trinajstić information content (AvgIpc) is 3.78. The normalized spacial score (nSPS) is 11.6. The van der Waals surface area contributed by atoms with E-state index in [2.05, 4.69) is 48.5 Å². The van der Waals surface area contributed by atoms with Crippen molar-refractivity contribution in [1.29, 1.82) is 0 Å². The molecule has 0 unspecified atom stereocenters. The number of hydrogen-bond acceptors (Lipinski definition) is 6. The van der Waals surface area contributed by atoms with E-state index in [1.165, 1.54) is 0 Å². The minimum atomic E-state index is 0.582. The van der Waals surface area contributed by atoms with E-state index in [0.717, 1.165) is 71.6 Å². The topological polar surface area (TPSA) is 77.8 Å². The van der Waals surface area contributed by atoms with Gasteiger partial charge in [-0.15, -0.1) is 0 Å². The summed E-state index contributed by atoms with van der Waals surface area (Å²) in [4.78, 5) is 20.0. The number of nitrogens with zero attached hydrogens (tertiary/aromatic N) is 4. The van der Waals surface area contributed by atoms with Gasteiger partial charge in [0, 0.05) is 39.1 Å². The van der Waals surface area contributed by atoms with Crippen LogP contribution in [0.1, 0.15) is 0 Å². The quantitative estimate of drug-likeness (QED) is 0.186. The molecule has 0 N–H and O–H groups in total. The van der Waals surface area contributed by atoms with Crippen LogP contribution in [0.25, 0.3) is 101 Å². The van der Waals surface area contributed by atoms with Crippen molar-refractivity contribution >= 4 is 43.8 Å². The summed E-state index contributed by atoms with van der Waals surface area (Å²) < 4.78 is 12.6. The summed E-state index contributed by atoms with van der Waals surface area (Å²) in [5, 5.41) is 4.13. The van der Waals surface area contributed by atoms with Gasteiger partial charge in [-0.25, -0.2) is 19.9 Å². The van der Waals surface area contributed by atoms with Crippen molar-refractivity contribution in [2.45, 2.75) is 0 Å². The molecular weight excluding hydrogens is 617 g/mol. The molecule has 0 radical (unpaired) electrons. The van der Waals surface area contributed by atoms with Gasteiger partial charge in [-0.2, -0.15) is 0 Å². The van der Waals surface area contributed by atoms with Crippen LogP contribution in [-0.2, 0) is 0 Å². The van der Waals surface area contributed by atoms with Crippen LogP contribution in [-0.4, -0.2) is 19.9 Å². The van der Waals surface area contributed by atoms with Gasteiger partial charge in [0.25, 0.3) is 0 Å². The van der Waals surface area contributed by atoms with Crippen molar-refractivity contribution in [2.75, 3.05) is 0 Å². The number of oxazole rings is 1. The van der Waals surface area contributed by atoms with E-state index < -0.39 is 0 Å². The highest BCUT2D eigenvalue weighted by Crippen LogP contribution is 2.41. The molecule has 0 bridgehead atoms. The van der Waals surface area contributed by atoms with Gasteiger partial charge in [0.2, 0.25) is 5.89 Å². The Balaban J connectivity index is 1.20. The summed E-state index contributed by atoms with van der Waals surface area (Å²) in [6, 6.07) is 53.1. The average molecular weight is 643 g/mol. The Morgan fingerprint density at radius 2 is 1.00 bits per heavy atom. The number of rotatable bonds is 5. The van der Waals surface area contributed by atoms with Crippen LogP contribution >= 0.6 is 0 Å².